The molecule has 1 aliphatic heterocycles. The standard InChI is InChI=1S/C23H24FN3O6/c1-25(2)11-4-12-26-20(14-5-8-16(9-6-14)27(31)32)19(22(29)23(26)30)21(28)15-7-10-18(33-3)17(24)13-15/h5-10,13,20,28H,4,11-12H2,1-3H3/b21-19+. The fourth-order valence-electron chi connectivity index (χ4n) is 3.76. The van der Waals surface area contributed by atoms with Crippen LogP contribution in [-0.2, 0) is 9.59 Å². The molecule has 3 rings (SSSR count). The Hall–Kier alpha value is -3.79. The van der Waals surface area contributed by atoms with Gasteiger partial charge in [0, 0.05) is 24.2 Å². The number of ketones is 1. The number of aliphatic hydroxyl groups is 1. The van der Waals surface area contributed by atoms with Gasteiger partial charge in [0.15, 0.2) is 11.6 Å². The fourth-order valence-corrected chi connectivity index (χ4v) is 3.76. The van der Waals surface area contributed by atoms with Crippen LogP contribution in [0.1, 0.15) is 23.6 Å². The highest BCUT2D eigenvalue weighted by molar-refractivity contribution is 6.46. The first-order valence-electron chi connectivity index (χ1n) is 10.2. The van der Waals surface area contributed by atoms with Gasteiger partial charge in [-0.1, -0.05) is 0 Å². The van der Waals surface area contributed by atoms with Crippen molar-refractivity contribution in [3.63, 3.8) is 0 Å². The molecule has 0 bridgehead atoms. The van der Waals surface area contributed by atoms with Crippen molar-refractivity contribution in [2.75, 3.05) is 34.3 Å². The molecule has 0 aliphatic carbocycles. The Morgan fingerprint density at radius 3 is 2.42 bits per heavy atom. The quantitative estimate of drug-likeness (QED) is 0.213. The number of hydrogen-bond donors (Lipinski definition) is 1. The lowest BCUT2D eigenvalue weighted by atomic mass is 9.95. The summed E-state index contributed by atoms with van der Waals surface area (Å²) in [6.07, 6.45) is 0.556. The third-order valence-electron chi connectivity index (χ3n) is 5.39. The van der Waals surface area contributed by atoms with E-state index in [2.05, 4.69) is 0 Å². The summed E-state index contributed by atoms with van der Waals surface area (Å²) >= 11 is 0. The van der Waals surface area contributed by atoms with Crippen molar-refractivity contribution in [1.29, 1.82) is 0 Å². The monoisotopic (exact) mass is 457 g/mol. The van der Waals surface area contributed by atoms with E-state index in [1.54, 1.807) is 0 Å². The molecule has 1 aliphatic rings. The van der Waals surface area contributed by atoms with E-state index < -0.39 is 34.2 Å². The van der Waals surface area contributed by atoms with E-state index in [1.807, 2.05) is 19.0 Å². The van der Waals surface area contributed by atoms with Crippen LogP contribution in [0, 0.1) is 15.9 Å². The fraction of sp³-hybridized carbons (Fsp3) is 0.304. The number of ether oxygens (including phenoxy) is 1. The second-order valence-electron chi connectivity index (χ2n) is 7.85. The van der Waals surface area contributed by atoms with Crippen molar-refractivity contribution in [2.24, 2.45) is 0 Å². The minimum absolute atomic E-state index is 0.00602. The number of Topliss-reactive ketones (excluding diaryl/α,β-unsaturated/α-hetero) is 1. The number of nitro groups is 1. The molecule has 0 radical (unpaired) electrons. The second-order valence-corrected chi connectivity index (χ2v) is 7.85. The molecule has 0 aromatic heterocycles. The molecule has 9 nitrogen and oxygen atoms in total. The van der Waals surface area contributed by atoms with Gasteiger partial charge in [0.1, 0.15) is 5.76 Å². The molecule has 33 heavy (non-hydrogen) atoms. The molecule has 174 valence electrons. The first kappa shape index (κ1) is 23.9. The largest absolute Gasteiger partial charge is 0.507 e. The number of methoxy groups -OCH3 is 1. The van der Waals surface area contributed by atoms with Crippen molar-refractivity contribution in [2.45, 2.75) is 12.5 Å². The summed E-state index contributed by atoms with van der Waals surface area (Å²) in [6, 6.07) is 8.14. The van der Waals surface area contributed by atoms with E-state index in [0.29, 0.717) is 18.5 Å². The van der Waals surface area contributed by atoms with Gasteiger partial charge in [0.25, 0.3) is 17.4 Å². The lowest BCUT2D eigenvalue weighted by molar-refractivity contribution is -0.384. The number of non-ortho nitro benzene ring substituents is 1. The van der Waals surface area contributed by atoms with Crippen molar-refractivity contribution in [3.8, 4) is 5.75 Å². The minimum Gasteiger partial charge on any atom is -0.507 e. The number of likely N-dealkylation sites (tertiary alicyclic amines) is 1. The highest BCUT2D eigenvalue weighted by atomic mass is 19.1. The molecule has 1 heterocycles. The molecule has 0 saturated carbocycles. The molecule has 1 fully saturated rings. The molecule has 2 aromatic rings. The summed E-state index contributed by atoms with van der Waals surface area (Å²) in [7, 11) is 5.05. The molecule has 1 N–H and O–H groups in total. The van der Waals surface area contributed by atoms with Gasteiger partial charge in [0.2, 0.25) is 0 Å². The van der Waals surface area contributed by atoms with Crippen LogP contribution in [0.4, 0.5) is 10.1 Å². The molecule has 10 heteroatoms. The summed E-state index contributed by atoms with van der Waals surface area (Å²) in [5.74, 6) is -3.02. The van der Waals surface area contributed by atoms with Gasteiger partial charge in [-0.3, -0.25) is 19.7 Å². The Bertz CT molecular complexity index is 1110. The summed E-state index contributed by atoms with van der Waals surface area (Å²) in [5.41, 5.74) is 0.0653. The Morgan fingerprint density at radius 1 is 1.21 bits per heavy atom. The van der Waals surface area contributed by atoms with Gasteiger partial charge >= 0.3 is 0 Å². The number of benzene rings is 2. The van der Waals surface area contributed by atoms with Crippen molar-refractivity contribution < 1.29 is 28.7 Å². The first-order chi connectivity index (χ1) is 15.6. The summed E-state index contributed by atoms with van der Waals surface area (Å²) in [5, 5.41) is 22.0. The zero-order chi connectivity index (χ0) is 24.3. The molecule has 1 amide bonds. The molecule has 1 unspecified atom stereocenters. The number of carbonyl (C=O) groups excluding carboxylic acids is 2. The van der Waals surface area contributed by atoms with Crippen LogP contribution in [0.15, 0.2) is 48.0 Å². The van der Waals surface area contributed by atoms with Crippen LogP contribution in [0.3, 0.4) is 0 Å². The number of nitrogens with zero attached hydrogens (tertiary/aromatic N) is 3. The van der Waals surface area contributed by atoms with Gasteiger partial charge in [-0.15, -0.1) is 0 Å². The molecule has 2 aromatic carbocycles. The van der Waals surface area contributed by atoms with Crippen molar-refractivity contribution in [1.82, 2.24) is 9.80 Å². The Labute approximate surface area is 189 Å². The zero-order valence-corrected chi connectivity index (χ0v) is 18.4. The number of amides is 1. The zero-order valence-electron chi connectivity index (χ0n) is 18.4. The highest BCUT2D eigenvalue weighted by Crippen LogP contribution is 2.40. The number of carbonyl (C=O) groups is 2. The van der Waals surface area contributed by atoms with Crippen LogP contribution >= 0.6 is 0 Å². The number of aliphatic hydroxyl groups excluding tert-OH is 1. The van der Waals surface area contributed by atoms with Crippen LogP contribution in [-0.4, -0.2) is 65.8 Å². The highest BCUT2D eigenvalue weighted by Gasteiger charge is 2.45. The molecule has 1 atom stereocenters. The number of hydrogen-bond acceptors (Lipinski definition) is 7. The summed E-state index contributed by atoms with van der Waals surface area (Å²) < 4.78 is 19.1. The summed E-state index contributed by atoms with van der Waals surface area (Å²) in [6.45, 7) is 0.873. The number of nitro benzene ring substituents is 1. The SMILES string of the molecule is COc1ccc(/C(O)=C2\C(=O)C(=O)N(CCCN(C)C)C2c2ccc([N+](=O)[O-])cc2)cc1F. The lowest BCUT2D eigenvalue weighted by Gasteiger charge is -2.26. The van der Waals surface area contributed by atoms with Crippen molar-refractivity contribution >= 4 is 23.1 Å². The maximum Gasteiger partial charge on any atom is 0.295 e. The molecule has 1 saturated heterocycles. The first-order valence-corrected chi connectivity index (χ1v) is 10.2. The topological polar surface area (TPSA) is 113 Å². The van der Waals surface area contributed by atoms with Crippen LogP contribution < -0.4 is 4.74 Å². The maximum atomic E-state index is 14.2. The Kier molecular flexibility index (Phi) is 7.07. The van der Waals surface area contributed by atoms with Crippen LogP contribution in [0.5, 0.6) is 5.75 Å². The predicted octanol–water partition coefficient (Wildman–Crippen LogP) is 3.12. The minimum atomic E-state index is -0.974. The maximum absolute atomic E-state index is 14.2. The van der Waals surface area contributed by atoms with Gasteiger partial charge in [-0.05, 0) is 63.0 Å². The van der Waals surface area contributed by atoms with E-state index in [4.69, 9.17) is 4.74 Å². The van der Waals surface area contributed by atoms with Crippen LogP contribution in [0.25, 0.3) is 5.76 Å². The summed E-state index contributed by atoms with van der Waals surface area (Å²) in [4.78, 5) is 39.6. The molecular weight excluding hydrogens is 433 g/mol. The van der Waals surface area contributed by atoms with Gasteiger partial charge < -0.3 is 19.6 Å². The third-order valence-corrected chi connectivity index (χ3v) is 5.39. The predicted molar refractivity (Wildman–Crippen MR) is 118 cm³/mol. The number of rotatable bonds is 8. The average Bonchev–Trinajstić information content (AvgIpc) is 3.03. The Balaban J connectivity index is 2.11. The van der Waals surface area contributed by atoms with Crippen LogP contribution in [0.2, 0.25) is 0 Å². The Morgan fingerprint density at radius 2 is 1.88 bits per heavy atom. The lowest BCUT2D eigenvalue weighted by Crippen LogP contribution is -2.32. The second kappa shape index (κ2) is 9.78. The molecular formula is C23H24FN3O6. The smallest absolute Gasteiger partial charge is 0.295 e. The van der Waals surface area contributed by atoms with Gasteiger partial charge in [0.05, 0.1) is 23.6 Å². The van der Waals surface area contributed by atoms with E-state index in [1.165, 1.54) is 48.4 Å². The van der Waals surface area contributed by atoms with E-state index in [9.17, 15) is 29.2 Å². The normalized spacial score (nSPS) is 17.6. The average molecular weight is 457 g/mol. The van der Waals surface area contributed by atoms with Gasteiger partial charge in [-0.25, -0.2) is 4.39 Å². The van der Waals surface area contributed by atoms with E-state index >= 15 is 0 Å². The molecule has 0 spiro atoms. The van der Waals surface area contributed by atoms with Gasteiger partial charge in [-0.2, -0.15) is 0 Å². The van der Waals surface area contributed by atoms with E-state index in [0.717, 1.165) is 6.07 Å². The van der Waals surface area contributed by atoms with E-state index in [-0.39, 0.29) is 29.1 Å². The number of halogens is 1. The van der Waals surface area contributed by atoms with Crippen molar-refractivity contribution in [3.05, 3.63) is 75.1 Å². The third kappa shape index (κ3) is 4.85.